The van der Waals surface area contributed by atoms with Crippen LogP contribution in [0.2, 0.25) is 0 Å². The van der Waals surface area contributed by atoms with Crippen molar-refractivity contribution in [1.82, 2.24) is 0 Å². The number of rotatable bonds is 18. The van der Waals surface area contributed by atoms with Crippen LogP contribution in [-0.2, 0) is 71.2 Å². The van der Waals surface area contributed by atoms with E-state index in [1.807, 2.05) is 0 Å². The van der Waals surface area contributed by atoms with E-state index >= 15 is 0 Å². The van der Waals surface area contributed by atoms with E-state index in [2.05, 4.69) is 0 Å². The molecular weight excluding hydrogens is 1010 g/mol. The maximum Gasteiger partial charge on any atom is 0.303 e. The molecule has 6 aliphatic rings. The summed E-state index contributed by atoms with van der Waals surface area (Å²) in [6.07, 6.45) is -57.3. The molecule has 0 aromatic carbocycles. The van der Waals surface area contributed by atoms with Crippen LogP contribution in [0, 0.1) is 0 Å². The molecule has 0 radical (unpaired) electrons. The minimum atomic E-state index is -2.22. The highest BCUT2D eigenvalue weighted by molar-refractivity contribution is 5.66. The van der Waals surface area contributed by atoms with Crippen LogP contribution in [0.4, 0.5) is 0 Å². The van der Waals surface area contributed by atoms with E-state index < -0.39 is 236 Å². The highest BCUT2D eigenvalue weighted by Gasteiger charge is 2.59. The molecule has 30 atom stereocenters. The largest absolute Gasteiger partial charge is 0.454 e. The highest BCUT2D eigenvalue weighted by Crippen LogP contribution is 2.38. The van der Waals surface area contributed by atoms with Gasteiger partial charge in [0.2, 0.25) is 0 Å². The lowest BCUT2D eigenvalue weighted by molar-refractivity contribution is -0.396. The maximum atomic E-state index is 12.4. The van der Waals surface area contributed by atoms with Gasteiger partial charge in [0.25, 0.3) is 0 Å². The molecule has 0 spiro atoms. The number of hydrogen-bond acceptors (Lipinski definition) is 33. The van der Waals surface area contributed by atoms with Crippen molar-refractivity contribution in [2.75, 3.05) is 39.6 Å². The lowest BCUT2D eigenvalue weighted by Gasteiger charge is -2.50. The van der Waals surface area contributed by atoms with Crippen LogP contribution < -0.4 is 0 Å². The molecule has 6 saturated heterocycles. The number of aliphatic hydroxyl groups is 18. The first-order chi connectivity index (χ1) is 34.5. The van der Waals surface area contributed by atoms with Gasteiger partial charge in [-0.3, -0.25) is 9.59 Å². The molecule has 0 bridgehead atoms. The SMILES string of the molecule is CC(=O)O[C@@H]1[C@H](O[C@H]2[C@H](O)[C@H](OC(C)=O)[C@H](O[C@H]3[C@H](O)[C@H](O)C(O)O[C@@H]3CO)O[C@@H]2CO)O[C@H](CO)[C@@H](O[C@@H]2O[C@H](CO)[C@@H](O[C@@H]3O[C@H](CO)[C@@H](O[C@@H]4O[C@H](CO)[C@@H](O)[C@H](O)[C@@H]4O)[C@@H](O)[C@@H]3O)[C@H](O)[C@@H]2O)[C@@H]1O. The Morgan fingerprint density at radius 1 is 0.301 bits per heavy atom. The summed E-state index contributed by atoms with van der Waals surface area (Å²) >= 11 is 0. The lowest BCUT2D eigenvalue weighted by atomic mass is 9.95. The van der Waals surface area contributed by atoms with Gasteiger partial charge < -0.3 is 153 Å². The van der Waals surface area contributed by atoms with Crippen LogP contribution in [-0.4, -0.2) is 328 Å². The average Bonchev–Trinajstić information content (AvgIpc) is 3.36. The van der Waals surface area contributed by atoms with E-state index in [1.54, 1.807) is 0 Å². The number of carbonyl (C=O) groups is 2. The third-order valence-corrected chi connectivity index (χ3v) is 13.0. The second kappa shape index (κ2) is 26.0. The standard InChI is InChI=1S/C40H66O33/c1-9(47)61-33-26(58)31(15(7-45)67-40(33)73-32-16(8-46)68-39(34(27(32)59)62-10(2)48)72-28-12(4-42)63-35(60)22(54)19(28)51)71-38-25(57)21(53)30(14(6-44)66-38)70-37-24(56)20(52)29(13(5-43)65-37)69-36-23(55)18(50)17(49)11(3-41)64-36/h11-46,49-60H,3-8H2,1-2H3/t11-,12-,13-,14-,15-,16-,17-,18+,19-,20+,21-,22+,23+,24+,25+,26+,27+,28-,29-,30-,31-,32-,33+,34+,35?,36+,37+,38+,39+,40+/m1/s1. The van der Waals surface area contributed by atoms with E-state index in [0.29, 0.717) is 0 Å². The van der Waals surface area contributed by atoms with Crippen LogP contribution in [0.25, 0.3) is 0 Å². The van der Waals surface area contributed by atoms with Crippen molar-refractivity contribution in [2.45, 2.75) is 198 Å². The minimum Gasteiger partial charge on any atom is -0.454 e. The second-order valence-corrected chi connectivity index (χ2v) is 17.9. The number of aliphatic hydroxyl groups excluding tert-OH is 18. The van der Waals surface area contributed by atoms with Crippen LogP contribution in [0.15, 0.2) is 0 Å². The average molecular weight is 1070 g/mol. The quantitative estimate of drug-likeness (QED) is 0.0567. The maximum absolute atomic E-state index is 12.4. The summed E-state index contributed by atoms with van der Waals surface area (Å²) in [5, 5.41) is 190. The van der Waals surface area contributed by atoms with Crippen LogP contribution in [0.1, 0.15) is 13.8 Å². The van der Waals surface area contributed by atoms with E-state index in [0.717, 1.165) is 13.8 Å². The van der Waals surface area contributed by atoms with Crippen molar-refractivity contribution in [2.24, 2.45) is 0 Å². The Bertz CT molecular complexity index is 1730. The van der Waals surface area contributed by atoms with E-state index in [4.69, 9.17) is 61.6 Å². The molecule has 73 heavy (non-hydrogen) atoms. The predicted octanol–water partition coefficient (Wildman–Crippen LogP) is -13.0. The van der Waals surface area contributed by atoms with Crippen molar-refractivity contribution >= 4 is 11.9 Å². The molecule has 0 amide bonds. The van der Waals surface area contributed by atoms with Crippen molar-refractivity contribution in [3.8, 4) is 0 Å². The van der Waals surface area contributed by atoms with Gasteiger partial charge in [0.15, 0.2) is 49.9 Å². The fourth-order valence-corrected chi connectivity index (χ4v) is 9.13. The van der Waals surface area contributed by atoms with E-state index in [9.17, 15) is 102 Å². The number of ether oxygens (including phenoxy) is 13. The van der Waals surface area contributed by atoms with Crippen LogP contribution in [0.5, 0.6) is 0 Å². The minimum absolute atomic E-state index is 0.842. The fraction of sp³-hybridized carbons (Fsp3) is 0.950. The molecule has 6 heterocycles. The molecule has 0 aliphatic carbocycles. The molecule has 0 aromatic rings. The third-order valence-electron chi connectivity index (χ3n) is 13.0. The Balaban J connectivity index is 1.14. The summed E-state index contributed by atoms with van der Waals surface area (Å²) in [4.78, 5) is 24.7. The molecule has 33 nitrogen and oxygen atoms in total. The Labute approximate surface area is 412 Å². The van der Waals surface area contributed by atoms with Gasteiger partial charge in [-0.15, -0.1) is 0 Å². The Hall–Kier alpha value is -2.22. The second-order valence-electron chi connectivity index (χ2n) is 17.9. The Morgan fingerprint density at radius 3 is 0.890 bits per heavy atom. The molecule has 1 unspecified atom stereocenters. The molecule has 6 aliphatic heterocycles. The summed E-state index contributed by atoms with van der Waals surface area (Å²) in [7, 11) is 0. The molecule has 0 saturated carbocycles. The molecule has 6 rings (SSSR count). The number of carbonyl (C=O) groups excluding carboxylic acids is 2. The first kappa shape index (κ1) is 60.0. The summed E-state index contributed by atoms with van der Waals surface area (Å²) in [5.74, 6) is -2.15. The van der Waals surface area contributed by atoms with Crippen molar-refractivity contribution in [3.05, 3.63) is 0 Å². The molecular formula is C40H66O33. The summed E-state index contributed by atoms with van der Waals surface area (Å²) in [6, 6.07) is 0. The van der Waals surface area contributed by atoms with Crippen molar-refractivity contribution in [1.29, 1.82) is 0 Å². The molecule has 424 valence electrons. The number of hydrogen-bond donors (Lipinski definition) is 18. The summed E-state index contributed by atoms with van der Waals surface area (Å²) in [6.45, 7) is -4.07. The Morgan fingerprint density at radius 2 is 0.562 bits per heavy atom. The fourth-order valence-electron chi connectivity index (χ4n) is 9.13. The molecule has 33 heteroatoms. The highest BCUT2D eigenvalue weighted by atomic mass is 16.8. The zero-order chi connectivity index (χ0) is 53.9. The third kappa shape index (κ3) is 12.9. The summed E-state index contributed by atoms with van der Waals surface area (Å²) in [5.41, 5.74) is 0. The van der Waals surface area contributed by atoms with Crippen molar-refractivity contribution < 1.29 is 163 Å². The van der Waals surface area contributed by atoms with Gasteiger partial charge in [-0.25, -0.2) is 0 Å². The first-order valence-corrected chi connectivity index (χ1v) is 22.9. The van der Waals surface area contributed by atoms with Crippen molar-refractivity contribution in [3.63, 3.8) is 0 Å². The monoisotopic (exact) mass is 1070 g/mol. The van der Waals surface area contributed by atoms with Gasteiger partial charge in [0.05, 0.1) is 39.6 Å². The topological polar surface area (TPSA) is 518 Å². The van der Waals surface area contributed by atoms with E-state index in [1.165, 1.54) is 0 Å². The smallest absolute Gasteiger partial charge is 0.303 e. The first-order valence-electron chi connectivity index (χ1n) is 22.9. The van der Waals surface area contributed by atoms with Gasteiger partial charge in [-0.05, 0) is 0 Å². The summed E-state index contributed by atoms with van der Waals surface area (Å²) < 4.78 is 72.3. The van der Waals surface area contributed by atoms with Gasteiger partial charge in [0.1, 0.15) is 134 Å². The Kier molecular flexibility index (Phi) is 21.3. The predicted molar refractivity (Wildman–Crippen MR) is 218 cm³/mol. The van der Waals surface area contributed by atoms with E-state index in [-0.39, 0.29) is 0 Å². The zero-order valence-corrected chi connectivity index (χ0v) is 38.7. The molecule has 18 N–H and O–H groups in total. The molecule has 6 fully saturated rings. The number of esters is 2. The van der Waals surface area contributed by atoms with Gasteiger partial charge in [-0.1, -0.05) is 0 Å². The zero-order valence-electron chi connectivity index (χ0n) is 38.7. The van der Waals surface area contributed by atoms with Gasteiger partial charge >= 0.3 is 11.9 Å². The van der Waals surface area contributed by atoms with Crippen LogP contribution >= 0.6 is 0 Å². The lowest BCUT2D eigenvalue weighted by Crippen LogP contribution is -2.68. The normalized spacial score (nSPS) is 49.8. The van der Waals surface area contributed by atoms with Gasteiger partial charge in [0, 0.05) is 13.8 Å². The molecule has 0 aromatic heterocycles. The van der Waals surface area contributed by atoms with Gasteiger partial charge in [-0.2, -0.15) is 0 Å². The van der Waals surface area contributed by atoms with Crippen LogP contribution in [0.3, 0.4) is 0 Å².